The Labute approximate surface area is 57.1 Å². The molecule has 0 unspecified atom stereocenters. The molecule has 0 aromatic rings. The molecule has 0 aromatic carbocycles. The molecule has 0 rings (SSSR count). The van der Waals surface area contributed by atoms with Crippen molar-refractivity contribution in [3.05, 3.63) is 0 Å². The molecule has 0 amide bonds. The first-order chi connectivity index (χ1) is 4.31. The van der Waals surface area contributed by atoms with Crippen LogP contribution in [-0.4, -0.2) is 20.0 Å². The van der Waals surface area contributed by atoms with Gasteiger partial charge in [-0.25, -0.2) is 0 Å². The van der Waals surface area contributed by atoms with Crippen molar-refractivity contribution < 1.29 is 4.84 Å². The molecular weight excluding hydrogens is 116 g/mol. The number of hydrogen-bond donors (Lipinski definition) is 1. The summed E-state index contributed by atoms with van der Waals surface area (Å²) in [4.78, 5) is 8.27. The Morgan fingerprint density at radius 2 is 1.89 bits per heavy atom. The van der Waals surface area contributed by atoms with E-state index in [1.54, 1.807) is 14.2 Å². The highest BCUT2D eigenvalue weighted by Crippen LogP contribution is 1.63. The zero-order chi connectivity index (χ0) is 7.70. The molecule has 0 bridgehead atoms. The fraction of sp³-hybridized carbons (Fsp3) is 0.833. The predicted octanol–water partition coefficient (Wildman–Crippen LogP) is 1.21. The maximum Gasteiger partial charge on any atom is 0.117 e. The topological polar surface area (TPSA) is 33.6 Å². The van der Waals surface area contributed by atoms with Crippen molar-refractivity contribution in [3.8, 4) is 0 Å². The van der Waals surface area contributed by atoms with Gasteiger partial charge in [0.15, 0.2) is 0 Å². The molecule has 56 valence electrons. The summed E-state index contributed by atoms with van der Waals surface area (Å²) in [7, 11) is 3.25. The normalized spacial score (nSPS) is 9.67. The number of nitrogens with one attached hydrogen (secondary N) is 1. The van der Waals surface area contributed by atoms with Crippen LogP contribution in [-0.2, 0) is 4.84 Å². The molecule has 9 heavy (non-hydrogen) atoms. The first-order valence-electron chi connectivity index (χ1n) is 3.03. The Kier molecular flexibility index (Phi) is 13.0. The summed E-state index contributed by atoms with van der Waals surface area (Å²) in [6, 6.07) is 0. The second kappa shape index (κ2) is 10.4. The Balaban J connectivity index is 0. The third kappa shape index (κ3) is 11.2. The van der Waals surface area contributed by atoms with Crippen molar-refractivity contribution in [3.63, 3.8) is 0 Å². The molecule has 0 heterocycles. The van der Waals surface area contributed by atoms with E-state index in [0.717, 1.165) is 5.84 Å². The molecule has 0 saturated carbocycles. The van der Waals surface area contributed by atoms with Crippen LogP contribution in [0.3, 0.4) is 0 Å². The average Bonchev–Trinajstić information content (AvgIpc) is 1.93. The smallest absolute Gasteiger partial charge is 0.117 e. The summed E-state index contributed by atoms with van der Waals surface area (Å²) < 4.78 is 0. The molecule has 0 aliphatic heterocycles. The minimum Gasteiger partial charge on any atom is -0.278 e. The van der Waals surface area contributed by atoms with Gasteiger partial charge in [0.2, 0.25) is 0 Å². The van der Waals surface area contributed by atoms with E-state index in [4.69, 9.17) is 0 Å². The summed E-state index contributed by atoms with van der Waals surface area (Å²) in [5.74, 6) is 0.780. The van der Waals surface area contributed by atoms with Crippen LogP contribution in [0.2, 0.25) is 0 Å². The molecule has 0 atom stereocenters. The number of hydrogen-bond acceptors (Lipinski definition) is 2. The molecule has 0 fully saturated rings. The maximum atomic E-state index is 4.51. The van der Waals surface area contributed by atoms with Crippen LogP contribution < -0.4 is 5.48 Å². The molecule has 1 N–H and O–H groups in total. The van der Waals surface area contributed by atoms with E-state index in [2.05, 4.69) is 15.3 Å². The summed E-state index contributed by atoms with van der Waals surface area (Å²) in [5.41, 5.74) is 2.55. The lowest BCUT2D eigenvalue weighted by Crippen LogP contribution is -2.17. The molecular formula is C6H16N2O. The first kappa shape index (κ1) is 11.3. The lowest BCUT2D eigenvalue weighted by Gasteiger charge is -1.96. The second-order valence-corrected chi connectivity index (χ2v) is 1.12. The van der Waals surface area contributed by atoms with Gasteiger partial charge in [-0.15, -0.1) is 0 Å². The highest BCUT2D eigenvalue weighted by atomic mass is 16.6. The summed E-state index contributed by atoms with van der Waals surface area (Å²) in [6.07, 6.45) is 0. The minimum atomic E-state index is 0.780. The number of rotatable bonds is 1. The minimum absolute atomic E-state index is 0.780. The number of hydroxylamine groups is 1. The van der Waals surface area contributed by atoms with E-state index in [0.29, 0.717) is 0 Å². The van der Waals surface area contributed by atoms with Gasteiger partial charge >= 0.3 is 0 Å². The fourth-order valence-corrected chi connectivity index (χ4v) is 0.193. The van der Waals surface area contributed by atoms with E-state index in [1.165, 1.54) is 0 Å². The average molecular weight is 132 g/mol. The van der Waals surface area contributed by atoms with E-state index in [9.17, 15) is 0 Å². The van der Waals surface area contributed by atoms with Crippen LogP contribution in [0.4, 0.5) is 0 Å². The van der Waals surface area contributed by atoms with E-state index < -0.39 is 0 Å². The van der Waals surface area contributed by atoms with Crippen molar-refractivity contribution in [1.82, 2.24) is 5.48 Å². The van der Waals surface area contributed by atoms with Gasteiger partial charge in [0.1, 0.15) is 5.84 Å². The lowest BCUT2D eigenvalue weighted by atomic mass is 10.7. The van der Waals surface area contributed by atoms with E-state index in [1.807, 2.05) is 20.8 Å². The van der Waals surface area contributed by atoms with E-state index in [-0.39, 0.29) is 0 Å². The van der Waals surface area contributed by atoms with Crippen LogP contribution in [0.25, 0.3) is 0 Å². The SMILES string of the molecule is CC.CN=C(C)NOC. The van der Waals surface area contributed by atoms with Crippen LogP contribution in [0.5, 0.6) is 0 Å². The summed E-state index contributed by atoms with van der Waals surface area (Å²) in [6.45, 7) is 5.82. The van der Waals surface area contributed by atoms with Gasteiger partial charge in [-0.1, -0.05) is 13.8 Å². The van der Waals surface area contributed by atoms with Crippen LogP contribution >= 0.6 is 0 Å². The van der Waals surface area contributed by atoms with Gasteiger partial charge < -0.3 is 0 Å². The fourth-order valence-electron chi connectivity index (χ4n) is 0.193. The Morgan fingerprint density at radius 1 is 1.44 bits per heavy atom. The maximum absolute atomic E-state index is 4.51. The predicted molar refractivity (Wildman–Crippen MR) is 40.5 cm³/mol. The molecule has 3 heteroatoms. The molecule has 0 aliphatic carbocycles. The Hall–Kier alpha value is -0.570. The molecule has 0 radical (unpaired) electrons. The van der Waals surface area contributed by atoms with Crippen molar-refractivity contribution in [1.29, 1.82) is 0 Å². The Morgan fingerprint density at radius 3 is 2.00 bits per heavy atom. The van der Waals surface area contributed by atoms with Crippen LogP contribution in [0.15, 0.2) is 4.99 Å². The largest absolute Gasteiger partial charge is 0.278 e. The van der Waals surface area contributed by atoms with Crippen molar-refractivity contribution in [2.45, 2.75) is 20.8 Å². The zero-order valence-electron chi connectivity index (χ0n) is 6.86. The van der Waals surface area contributed by atoms with Gasteiger partial charge in [-0.05, 0) is 6.92 Å². The summed E-state index contributed by atoms with van der Waals surface area (Å²) >= 11 is 0. The van der Waals surface area contributed by atoms with Crippen molar-refractivity contribution >= 4 is 5.84 Å². The van der Waals surface area contributed by atoms with Crippen molar-refractivity contribution in [2.75, 3.05) is 14.2 Å². The second-order valence-electron chi connectivity index (χ2n) is 1.12. The molecule has 0 spiro atoms. The van der Waals surface area contributed by atoms with Gasteiger partial charge in [0, 0.05) is 7.05 Å². The standard InChI is InChI=1S/C4H10N2O.C2H6/c1-4(5-2)6-7-3;1-2/h1-3H3,(H,5,6);1-2H3. The molecule has 3 nitrogen and oxygen atoms in total. The highest BCUT2D eigenvalue weighted by molar-refractivity contribution is 5.78. The van der Waals surface area contributed by atoms with E-state index >= 15 is 0 Å². The van der Waals surface area contributed by atoms with Gasteiger partial charge in [-0.2, -0.15) is 0 Å². The van der Waals surface area contributed by atoms with Gasteiger partial charge in [-0.3, -0.25) is 15.3 Å². The highest BCUT2D eigenvalue weighted by Gasteiger charge is 1.77. The third-order valence-corrected chi connectivity index (χ3v) is 0.585. The van der Waals surface area contributed by atoms with Gasteiger partial charge in [0.05, 0.1) is 7.11 Å². The lowest BCUT2D eigenvalue weighted by molar-refractivity contribution is 0.144. The number of amidine groups is 1. The molecule has 0 saturated heterocycles. The van der Waals surface area contributed by atoms with Crippen molar-refractivity contribution in [2.24, 2.45) is 4.99 Å². The monoisotopic (exact) mass is 132 g/mol. The quantitative estimate of drug-likeness (QED) is 0.330. The van der Waals surface area contributed by atoms with Gasteiger partial charge in [0.25, 0.3) is 0 Å². The first-order valence-corrected chi connectivity index (χ1v) is 3.03. The third-order valence-electron chi connectivity index (χ3n) is 0.585. The summed E-state index contributed by atoms with van der Waals surface area (Å²) in [5, 5.41) is 0. The zero-order valence-corrected chi connectivity index (χ0v) is 6.86. The van der Waals surface area contributed by atoms with Crippen LogP contribution in [0.1, 0.15) is 20.8 Å². The molecule has 0 aliphatic rings. The number of nitrogens with zero attached hydrogens (tertiary/aromatic N) is 1. The number of aliphatic imine (C=N–C) groups is 1. The molecule has 0 aromatic heterocycles. The van der Waals surface area contributed by atoms with Crippen LogP contribution in [0, 0.1) is 0 Å². The Bertz CT molecular complexity index is 71.5.